The molecule has 0 spiro atoms. The number of nitrogens with two attached hydrogens (primary N) is 1. The van der Waals surface area contributed by atoms with Gasteiger partial charge < -0.3 is 10.3 Å². The van der Waals surface area contributed by atoms with Crippen molar-refractivity contribution in [1.29, 1.82) is 0 Å². The molecular weight excluding hydrogens is 222 g/mol. The minimum absolute atomic E-state index is 0.346. The number of aromatic nitrogens is 2. The molecule has 1 aromatic heterocycles. The van der Waals surface area contributed by atoms with Crippen molar-refractivity contribution in [1.82, 2.24) is 9.55 Å². The Kier molecular flexibility index (Phi) is 2.13. The lowest BCUT2D eigenvalue weighted by Crippen LogP contribution is -2.49. The van der Waals surface area contributed by atoms with Crippen LogP contribution in [0.3, 0.4) is 0 Å². The van der Waals surface area contributed by atoms with E-state index in [1.54, 1.807) is 0 Å². The molecule has 0 radical (unpaired) electrons. The highest BCUT2D eigenvalue weighted by Crippen LogP contribution is 2.61. The Morgan fingerprint density at radius 1 is 1.22 bits per heavy atom. The molecule has 18 heavy (non-hydrogen) atoms. The number of nitrogens with zero attached hydrogens (tertiary/aromatic N) is 2. The lowest BCUT2D eigenvalue weighted by Gasteiger charge is -2.56. The molecule has 3 nitrogen and oxygen atoms in total. The van der Waals surface area contributed by atoms with Gasteiger partial charge in [0.25, 0.3) is 0 Å². The van der Waals surface area contributed by atoms with E-state index in [-0.39, 0.29) is 0 Å². The van der Waals surface area contributed by atoms with E-state index in [0.717, 1.165) is 30.1 Å². The van der Waals surface area contributed by atoms with Crippen molar-refractivity contribution >= 4 is 5.82 Å². The molecule has 5 rings (SSSR count). The molecule has 0 aromatic carbocycles. The fraction of sp³-hybridized carbons (Fsp3) is 0.800. The summed E-state index contributed by atoms with van der Waals surface area (Å²) in [5.74, 6) is 3.83. The van der Waals surface area contributed by atoms with E-state index in [9.17, 15) is 0 Å². The van der Waals surface area contributed by atoms with Gasteiger partial charge in [0, 0.05) is 12.0 Å². The van der Waals surface area contributed by atoms with Gasteiger partial charge in [-0.1, -0.05) is 0 Å². The lowest BCUT2D eigenvalue weighted by atomic mass is 9.49. The Balaban J connectivity index is 1.76. The molecule has 4 saturated carbocycles. The summed E-state index contributed by atoms with van der Waals surface area (Å²) in [6, 6.07) is 0. The van der Waals surface area contributed by atoms with E-state index >= 15 is 0 Å². The molecule has 1 heterocycles. The van der Waals surface area contributed by atoms with Crippen LogP contribution in [-0.4, -0.2) is 9.55 Å². The molecule has 0 unspecified atom stereocenters. The molecule has 4 aliphatic carbocycles. The van der Waals surface area contributed by atoms with Gasteiger partial charge in [0.1, 0.15) is 5.82 Å². The maximum atomic E-state index is 6.34. The van der Waals surface area contributed by atoms with E-state index in [2.05, 4.69) is 11.5 Å². The molecular formula is C15H23N3. The Hall–Kier alpha value is -0.990. The largest absolute Gasteiger partial charge is 0.384 e. The zero-order chi connectivity index (χ0) is 12.3. The molecule has 4 aliphatic rings. The topological polar surface area (TPSA) is 43.8 Å². The summed E-state index contributed by atoms with van der Waals surface area (Å²) in [5.41, 5.74) is 7.92. The highest BCUT2D eigenvalue weighted by atomic mass is 15.1. The monoisotopic (exact) mass is 245 g/mol. The lowest BCUT2D eigenvalue weighted by molar-refractivity contribution is -0.00667. The van der Waals surface area contributed by atoms with Crippen molar-refractivity contribution < 1.29 is 0 Å². The normalized spacial score (nSPS) is 41.5. The van der Waals surface area contributed by atoms with E-state index in [4.69, 9.17) is 10.7 Å². The Morgan fingerprint density at radius 3 is 2.22 bits per heavy atom. The molecule has 0 atom stereocenters. The molecule has 2 N–H and O–H groups in total. The third-order valence-corrected chi connectivity index (χ3v) is 5.76. The van der Waals surface area contributed by atoms with Gasteiger partial charge in [0.05, 0.1) is 12.0 Å². The van der Waals surface area contributed by atoms with Crippen LogP contribution < -0.4 is 5.73 Å². The minimum Gasteiger partial charge on any atom is -0.384 e. The van der Waals surface area contributed by atoms with Gasteiger partial charge >= 0.3 is 0 Å². The minimum atomic E-state index is 0.346. The average molecular weight is 245 g/mol. The first-order chi connectivity index (χ1) is 8.70. The molecule has 0 amide bonds. The van der Waals surface area contributed by atoms with Crippen molar-refractivity contribution in [2.24, 2.45) is 17.8 Å². The van der Waals surface area contributed by atoms with Crippen LogP contribution in [-0.2, 0) is 12.0 Å². The van der Waals surface area contributed by atoms with Crippen LogP contribution in [0.4, 0.5) is 5.82 Å². The Morgan fingerprint density at radius 2 is 1.78 bits per heavy atom. The van der Waals surface area contributed by atoms with Gasteiger partial charge in [-0.2, -0.15) is 0 Å². The quantitative estimate of drug-likeness (QED) is 0.870. The van der Waals surface area contributed by atoms with Crippen LogP contribution in [0.2, 0.25) is 0 Å². The summed E-state index contributed by atoms with van der Waals surface area (Å²) >= 11 is 0. The van der Waals surface area contributed by atoms with Crippen molar-refractivity contribution in [2.75, 3.05) is 5.73 Å². The molecule has 4 fully saturated rings. The summed E-state index contributed by atoms with van der Waals surface area (Å²) in [6.45, 7) is 3.08. The molecule has 0 aliphatic heterocycles. The van der Waals surface area contributed by atoms with Crippen LogP contribution in [0.25, 0.3) is 0 Å². The molecule has 3 heteroatoms. The predicted molar refractivity (Wildman–Crippen MR) is 72.2 cm³/mol. The van der Waals surface area contributed by atoms with Crippen LogP contribution in [0.1, 0.15) is 51.1 Å². The molecule has 1 aromatic rings. The van der Waals surface area contributed by atoms with Crippen LogP contribution in [0.15, 0.2) is 6.33 Å². The van der Waals surface area contributed by atoms with Crippen molar-refractivity contribution in [3.63, 3.8) is 0 Å². The first-order valence-corrected chi connectivity index (χ1v) is 7.51. The first-order valence-electron chi connectivity index (χ1n) is 7.51. The van der Waals surface area contributed by atoms with Gasteiger partial charge in [0.15, 0.2) is 0 Å². The number of anilines is 1. The third kappa shape index (κ3) is 1.33. The van der Waals surface area contributed by atoms with E-state index in [1.807, 2.05) is 6.33 Å². The van der Waals surface area contributed by atoms with Gasteiger partial charge in [-0.15, -0.1) is 0 Å². The maximum absolute atomic E-state index is 6.34. The number of hydrogen-bond acceptors (Lipinski definition) is 2. The summed E-state index contributed by atoms with van der Waals surface area (Å²) in [4.78, 5) is 4.71. The zero-order valence-corrected chi connectivity index (χ0v) is 11.2. The number of nitrogen functional groups attached to an aromatic ring is 1. The summed E-state index contributed by atoms with van der Waals surface area (Å²) in [6.07, 6.45) is 10.4. The standard InChI is InChI=1S/C15H23N3/c1-2-18-9-17-13(14(18)16)15-6-10-3-11(7-15)5-12(4-10)8-15/h9-12H,2-8,16H2,1H3. The highest BCUT2D eigenvalue weighted by molar-refractivity contribution is 5.43. The van der Waals surface area contributed by atoms with E-state index in [0.29, 0.717) is 5.41 Å². The van der Waals surface area contributed by atoms with Gasteiger partial charge in [0.2, 0.25) is 0 Å². The molecule has 4 bridgehead atoms. The van der Waals surface area contributed by atoms with Crippen LogP contribution in [0.5, 0.6) is 0 Å². The van der Waals surface area contributed by atoms with E-state index < -0.39 is 0 Å². The second-order valence-electron chi connectivity index (χ2n) is 6.96. The SMILES string of the molecule is CCn1cnc(C23CC4CC(CC(C4)C2)C3)c1N. The van der Waals surface area contributed by atoms with E-state index in [1.165, 1.54) is 44.2 Å². The second-order valence-corrected chi connectivity index (χ2v) is 6.96. The van der Waals surface area contributed by atoms with Gasteiger partial charge in [-0.3, -0.25) is 0 Å². The maximum Gasteiger partial charge on any atom is 0.127 e. The fourth-order valence-corrected chi connectivity index (χ4v) is 5.45. The number of imidazole rings is 1. The van der Waals surface area contributed by atoms with Crippen LogP contribution >= 0.6 is 0 Å². The Labute approximate surface area is 109 Å². The van der Waals surface area contributed by atoms with Crippen LogP contribution in [0, 0.1) is 17.8 Å². The first kappa shape index (κ1) is 10.9. The average Bonchev–Trinajstić information content (AvgIpc) is 2.69. The predicted octanol–water partition coefficient (Wildman–Crippen LogP) is 2.95. The zero-order valence-electron chi connectivity index (χ0n) is 11.2. The molecule has 0 saturated heterocycles. The highest BCUT2D eigenvalue weighted by Gasteiger charge is 2.53. The summed E-state index contributed by atoms with van der Waals surface area (Å²) < 4.78 is 2.11. The van der Waals surface area contributed by atoms with Crippen molar-refractivity contribution in [2.45, 2.75) is 57.4 Å². The number of rotatable bonds is 2. The Bertz CT molecular complexity index is 439. The van der Waals surface area contributed by atoms with Gasteiger partial charge in [-0.05, 0) is 63.2 Å². The molecule has 98 valence electrons. The van der Waals surface area contributed by atoms with Crippen molar-refractivity contribution in [3.05, 3.63) is 12.0 Å². The van der Waals surface area contributed by atoms with Gasteiger partial charge in [-0.25, -0.2) is 4.98 Å². The smallest absolute Gasteiger partial charge is 0.127 e. The summed E-state index contributed by atoms with van der Waals surface area (Å²) in [5, 5.41) is 0. The van der Waals surface area contributed by atoms with Crippen molar-refractivity contribution in [3.8, 4) is 0 Å². The fourth-order valence-electron chi connectivity index (χ4n) is 5.45. The summed E-state index contributed by atoms with van der Waals surface area (Å²) in [7, 11) is 0. The number of aryl methyl sites for hydroxylation is 1. The second kappa shape index (κ2) is 3.52. The number of hydrogen-bond donors (Lipinski definition) is 1. The third-order valence-electron chi connectivity index (χ3n) is 5.76.